The molecule has 7 heteroatoms. The monoisotopic (exact) mass is 529 g/mol. The van der Waals surface area contributed by atoms with Gasteiger partial charge >= 0.3 is 0 Å². The number of nitrogens with zero attached hydrogens (tertiary/aromatic N) is 2. The summed E-state index contributed by atoms with van der Waals surface area (Å²) in [5.74, 6) is 1.67. The second-order valence-corrected chi connectivity index (χ2v) is 11.5. The summed E-state index contributed by atoms with van der Waals surface area (Å²) in [6.45, 7) is 14.8. The Bertz CT molecular complexity index is 753. The fourth-order valence-electron chi connectivity index (χ4n) is 5.51. The molecule has 0 aliphatic carbocycles. The van der Waals surface area contributed by atoms with Gasteiger partial charge in [0, 0.05) is 63.1 Å². The van der Waals surface area contributed by atoms with Gasteiger partial charge in [-0.05, 0) is 77.0 Å². The van der Waals surface area contributed by atoms with Crippen molar-refractivity contribution in [3.8, 4) is 0 Å². The number of ketones is 1. The zero-order valence-corrected chi connectivity index (χ0v) is 24.0. The molecule has 0 radical (unpaired) electrons. The molecular formula is C31H51N3O4. The normalized spacial score (nSPS) is 16.8. The lowest BCUT2D eigenvalue weighted by Crippen LogP contribution is -2.39. The van der Waals surface area contributed by atoms with E-state index in [9.17, 15) is 19.2 Å². The first kappa shape index (κ1) is 31.8. The van der Waals surface area contributed by atoms with Crippen LogP contribution >= 0.6 is 0 Å². The van der Waals surface area contributed by atoms with E-state index in [0.29, 0.717) is 48.0 Å². The molecule has 0 saturated carbocycles. The molecule has 2 aliphatic rings. The number of nitrogens with one attached hydrogen (secondary N) is 1. The Morgan fingerprint density at radius 3 is 1.61 bits per heavy atom. The Kier molecular flexibility index (Phi) is 14.4. The van der Waals surface area contributed by atoms with Gasteiger partial charge in [-0.1, -0.05) is 32.4 Å². The van der Waals surface area contributed by atoms with E-state index in [1.54, 1.807) is 13.8 Å². The van der Waals surface area contributed by atoms with Crippen molar-refractivity contribution in [2.45, 2.75) is 104 Å². The predicted octanol–water partition coefficient (Wildman–Crippen LogP) is 5.20. The summed E-state index contributed by atoms with van der Waals surface area (Å²) in [7, 11) is 0. The first-order chi connectivity index (χ1) is 18.2. The van der Waals surface area contributed by atoms with Gasteiger partial charge in [-0.25, -0.2) is 0 Å². The van der Waals surface area contributed by atoms with E-state index < -0.39 is 0 Å². The highest BCUT2D eigenvalue weighted by Crippen LogP contribution is 2.24. The van der Waals surface area contributed by atoms with Crippen molar-refractivity contribution in [3.63, 3.8) is 0 Å². The average molecular weight is 530 g/mol. The van der Waals surface area contributed by atoms with Gasteiger partial charge in [-0.15, -0.1) is 0 Å². The number of carbonyl (C=O) groups excluding carboxylic acids is 4. The summed E-state index contributed by atoms with van der Waals surface area (Å²) in [4.78, 5) is 52.2. The molecule has 7 nitrogen and oxygen atoms in total. The van der Waals surface area contributed by atoms with E-state index in [-0.39, 0.29) is 17.7 Å². The molecule has 0 aromatic heterocycles. The van der Waals surface area contributed by atoms with E-state index in [1.807, 2.05) is 9.80 Å². The van der Waals surface area contributed by atoms with Gasteiger partial charge in [0.05, 0.1) is 0 Å². The molecule has 1 N–H and O–H groups in total. The van der Waals surface area contributed by atoms with Crippen LogP contribution in [0, 0.1) is 11.8 Å². The van der Waals surface area contributed by atoms with Crippen molar-refractivity contribution in [3.05, 3.63) is 24.3 Å². The van der Waals surface area contributed by atoms with E-state index in [2.05, 4.69) is 18.5 Å². The maximum Gasteiger partial charge on any atom is 0.248 e. The molecule has 214 valence electrons. The van der Waals surface area contributed by atoms with Crippen molar-refractivity contribution in [2.24, 2.45) is 11.8 Å². The molecule has 2 heterocycles. The molecule has 0 aromatic carbocycles. The number of amides is 3. The van der Waals surface area contributed by atoms with Crippen LogP contribution in [-0.2, 0) is 19.2 Å². The zero-order chi connectivity index (χ0) is 27.9. The van der Waals surface area contributed by atoms with Crippen LogP contribution in [0.5, 0.6) is 0 Å². The molecule has 3 amide bonds. The van der Waals surface area contributed by atoms with Crippen molar-refractivity contribution >= 4 is 23.5 Å². The maximum atomic E-state index is 12.3. The van der Waals surface area contributed by atoms with Gasteiger partial charge in [0.2, 0.25) is 17.7 Å². The van der Waals surface area contributed by atoms with Crippen LogP contribution < -0.4 is 5.32 Å². The molecule has 0 bridgehead atoms. The lowest BCUT2D eigenvalue weighted by atomic mass is 9.90. The predicted molar refractivity (Wildman–Crippen MR) is 152 cm³/mol. The Hall–Kier alpha value is -2.44. The van der Waals surface area contributed by atoms with Crippen LogP contribution in [0.2, 0.25) is 0 Å². The summed E-state index contributed by atoms with van der Waals surface area (Å²) >= 11 is 0. The number of Topliss-reactive ketones (excluding diaryl/α,β-unsaturated/α-hetero) is 1. The average Bonchev–Trinajstić information content (AvgIpc) is 2.91. The van der Waals surface area contributed by atoms with Crippen molar-refractivity contribution < 1.29 is 19.2 Å². The number of rotatable bonds is 16. The Morgan fingerprint density at radius 2 is 1.11 bits per heavy atom. The topological polar surface area (TPSA) is 86.8 Å². The molecular weight excluding hydrogens is 478 g/mol. The number of carbonyl (C=O) groups is 4. The number of hydrogen-bond acceptors (Lipinski definition) is 4. The summed E-state index contributed by atoms with van der Waals surface area (Å²) in [6, 6.07) is 0. The third kappa shape index (κ3) is 12.0. The van der Waals surface area contributed by atoms with Crippen LogP contribution in [0.4, 0.5) is 0 Å². The second kappa shape index (κ2) is 17.2. The van der Waals surface area contributed by atoms with Crippen molar-refractivity contribution in [1.82, 2.24) is 15.1 Å². The fraction of sp³-hybridized carbons (Fsp3) is 0.742. The number of unbranched alkanes of at least 4 members (excludes halogenated alkanes) is 4. The zero-order valence-electron chi connectivity index (χ0n) is 24.0. The minimum absolute atomic E-state index is 0.0505. The number of likely N-dealkylation sites (tertiary alicyclic amines) is 2. The molecule has 0 unspecified atom stereocenters. The SMILES string of the molecule is C=C(C)C(=O)N1CCC(CCC(=O)CCCCCCCNC(=O)CCC2CCN(C(=O)C(=C)C)CC2)CC1. The summed E-state index contributed by atoms with van der Waals surface area (Å²) in [5, 5.41) is 3.04. The van der Waals surface area contributed by atoms with Crippen molar-refractivity contribution in [1.29, 1.82) is 0 Å². The van der Waals surface area contributed by atoms with Gasteiger partial charge in [-0.3, -0.25) is 19.2 Å². The highest BCUT2D eigenvalue weighted by atomic mass is 16.2. The molecule has 2 fully saturated rings. The molecule has 0 spiro atoms. The van der Waals surface area contributed by atoms with Gasteiger partial charge in [0.1, 0.15) is 5.78 Å². The fourth-order valence-corrected chi connectivity index (χ4v) is 5.51. The third-order valence-corrected chi connectivity index (χ3v) is 8.10. The lowest BCUT2D eigenvalue weighted by Gasteiger charge is -2.32. The standard InChI is InChI=1S/C31H51N3O4/c1-24(2)30(37)33-20-15-26(16-21-33)11-13-28(35)10-8-6-5-7-9-19-32-29(36)14-12-27-17-22-34(23-18-27)31(38)25(3)4/h26-27H,1,3,5-23H2,2,4H3,(H,32,36). The molecule has 0 atom stereocenters. The largest absolute Gasteiger partial charge is 0.356 e. The number of piperidine rings is 2. The quantitative estimate of drug-likeness (QED) is 0.220. The third-order valence-electron chi connectivity index (χ3n) is 8.10. The Balaban J connectivity index is 1.39. The summed E-state index contributed by atoms with van der Waals surface area (Å²) in [6.07, 6.45) is 12.8. The highest BCUT2D eigenvalue weighted by Gasteiger charge is 2.24. The minimum atomic E-state index is 0.0505. The van der Waals surface area contributed by atoms with E-state index in [1.165, 1.54) is 0 Å². The van der Waals surface area contributed by atoms with Gasteiger partial charge in [-0.2, -0.15) is 0 Å². The number of hydrogen-bond donors (Lipinski definition) is 1. The molecule has 38 heavy (non-hydrogen) atoms. The maximum absolute atomic E-state index is 12.3. The summed E-state index contributed by atoms with van der Waals surface area (Å²) in [5.41, 5.74) is 1.19. The molecule has 2 rings (SSSR count). The smallest absolute Gasteiger partial charge is 0.248 e. The van der Waals surface area contributed by atoms with Crippen molar-refractivity contribution in [2.75, 3.05) is 32.7 Å². The van der Waals surface area contributed by atoms with E-state index >= 15 is 0 Å². The first-order valence-corrected chi connectivity index (χ1v) is 14.8. The van der Waals surface area contributed by atoms with Crippen LogP contribution in [0.15, 0.2) is 24.3 Å². The molecule has 0 aromatic rings. The Labute approximate surface area is 230 Å². The molecule has 2 saturated heterocycles. The van der Waals surface area contributed by atoms with Gasteiger partial charge < -0.3 is 15.1 Å². The van der Waals surface area contributed by atoms with E-state index in [0.717, 1.165) is 103 Å². The van der Waals surface area contributed by atoms with Crippen LogP contribution in [0.25, 0.3) is 0 Å². The highest BCUT2D eigenvalue weighted by molar-refractivity contribution is 5.92. The van der Waals surface area contributed by atoms with Crippen LogP contribution in [0.3, 0.4) is 0 Å². The van der Waals surface area contributed by atoms with Crippen LogP contribution in [0.1, 0.15) is 104 Å². The molecule has 2 aliphatic heterocycles. The van der Waals surface area contributed by atoms with Crippen LogP contribution in [-0.4, -0.2) is 66.0 Å². The van der Waals surface area contributed by atoms with Gasteiger partial charge in [0.25, 0.3) is 0 Å². The minimum Gasteiger partial charge on any atom is -0.356 e. The Morgan fingerprint density at radius 1 is 0.658 bits per heavy atom. The first-order valence-electron chi connectivity index (χ1n) is 14.8. The lowest BCUT2D eigenvalue weighted by molar-refractivity contribution is -0.129. The summed E-state index contributed by atoms with van der Waals surface area (Å²) < 4.78 is 0. The second-order valence-electron chi connectivity index (χ2n) is 11.5. The van der Waals surface area contributed by atoms with Gasteiger partial charge in [0.15, 0.2) is 0 Å². The van der Waals surface area contributed by atoms with E-state index in [4.69, 9.17) is 0 Å².